The minimum atomic E-state index is -4.16. The fourth-order valence-electron chi connectivity index (χ4n) is 1.46. The zero-order valence-corrected chi connectivity index (χ0v) is 11.7. The SMILES string of the molecule is O.O=P(O)(O)c1cccc2ccccc12.[H-].[Na+]. The van der Waals surface area contributed by atoms with Crippen LogP contribution < -0.4 is 34.9 Å². The molecular weight excluding hydrogens is 238 g/mol. The van der Waals surface area contributed by atoms with Crippen LogP contribution in [0.2, 0.25) is 0 Å². The van der Waals surface area contributed by atoms with Crippen LogP contribution >= 0.6 is 7.60 Å². The monoisotopic (exact) mass is 250 g/mol. The quantitative estimate of drug-likeness (QED) is 0.450. The van der Waals surface area contributed by atoms with Gasteiger partial charge in [-0.3, -0.25) is 4.57 Å². The number of rotatable bonds is 1. The molecule has 0 heterocycles. The molecule has 2 aromatic carbocycles. The molecule has 0 amide bonds. The van der Waals surface area contributed by atoms with Crippen molar-refractivity contribution in [1.29, 1.82) is 0 Å². The van der Waals surface area contributed by atoms with Crippen molar-refractivity contribution in [3.05, 3.63) is 42.5 Å². The second-order valence-corrected chi connectivity index (χ2v) is 4.61. The fraction of sp³-hybridized carbons (Fsp3) is 0. The molecule has 0 radical (unpaired) electrons. The summed E-state index contributed by atoms with van der Waals surface area (Å²) in [5, 5.41) is 1.55. The van der Waals surface area contributed by atoms with Crippen LogP contribution in [0.15, 0.2) is 42.5 Å². The molecule has 0 saturated heterocycles. The Bertz CT molecular complexity index is 523. The van der Waals surface area contributed by atoms with Gasteiger partial charge in [0.15, 0.2) is 0 Å². The zero-order valence-electron chi connectivity index (χ0n) is 9.79. The fourth-order valence-corrected chi connectivity index (χ4v) is 2.26. The Balaban J connectivity index is 0. The van der Waals surface area contributed by atoms with Gasteiger partial charge in [-0.2, -0.15) is 0 Å². The first kappa shape index (κ1) is 15.8. The predicted octanol–water partition coefficient (Wildman–Crippen LogP) is -2.07. The maximum atomic E-state index is 11.1. The van der Waals surface area contributed by atoms with Gasteiger partial charge in [0.2, 0.25) is 0 Å². The van der Waals surface area contributed by atoms with E-state index < -0.39 is 7.60 Å². The van der Waals surface area contributed by atoms with Gasteiger partial charge in [-0.05, 0) is 16.8 Å². The van der Waals surface area contributed by atoms with Crippen LogP contribution in [0, 0.1) is 0 Å². The molecule has 0 unspecified atom stereocenters. The van der Waals surface area contributed by atoms with Crippen molar-refractivity contribution < 1.29 is 50.8 Å². The maximum Gasteiger partial charge on any atom is 1.00 e. The number of benzene rings is 2. The molecule has 82 valence electrons. The van der Waals surface area contributed by atoms with Gasteiger partial charge in [0, 0.05) is 0 Å². The summed E-state index contributed by atoms with van der Waals surface area (Å²) >= 11 is 0. The first-order valence-electron chi connectivity index (χ1n) is 4.13. The molecule has 0 spiro atoms. The van der Waals surface area contributed by atoms with Gasteiger partial charge >= 0.3 is 37.2 Å². The number of hydrogen-bond acceptors (Lipinski definition) is 1. The molecule has 4 nitrogen and oxygen atoms in total. The summed E-state index contributed by atoms with van der Waals surface area (Å²) in [7, 11) is -4.16. The largest absolute Gasteiger partial charge is 1.00 e. The Labute approximate surface area is 117 Å². The minimum Gasteiger partial charge on any atom is -1.00 e. The van der Waals surface area contributed by atoms with E-state index in [2.05, 4.69) is 0 Å². The Kier molecular flexibility index (Phi) is 5.87. The van der Waals surface area contributed by atoms with Crippen molar-refractivity contribution >= 4 is 23.7 Å². The molecule has 16 heavy (non-hydrogen) atoms. The van der Waals surface area contributed by atoms with Crippen molar-refractivity contribution in [2.24, 2.45) is 0 Å². The smallest absolute Gasteiger partial charge is 1.00 e. The van der Waals surface area contributed by atoms with Gasteiger partial charge in [0.05, 0.1) is 5.30 Å². The normalized spacial score (nSPS) is 10.4. The van der Waals surface area contributed by atoms with Crippen molar-refractivity contribution in [2.45, 2.75) is 0 Å². The van der Waals surface area contributed by atoms with Gasteiger partial charge in [0.25, 0.3) is 0 Å². The average molecular weight is 250 g/mol. The third-order valence-electron chi connectivity index (χ3n) is 2.08. The second kappa shape index (κ2) is 5.94. The standard InChI is InChI=1S/C10H9O3P.Na.H2O.H/c11-14(12,13)10-7-3-5-8-4-1-2-6-9(8)10;;;/h1-7H,(H2,11,12,13);;1H2;/q;+1;;-1. The Hall–Kier alpha value is -0.190. The van der Waals surface area contributed by atoms with Crippen LogP contribution in [0.25, 0.3) is 10.8 Å². The third kappa shape index (κ3) is 3.15. The number of hydrogen-bond donors (Lipinski definition) is 2. The average Bonchev–Trinajstić information content (AvgIpc) is 2.15. The molecule has 6 heteroatoms. The summed E-state index contributed by atoms with van der Waals surface area (Å²) < 4.78 is 11.1. The molecule has 2 rings (SSSR count). The Morgan fingerprint density at radius 3 is 2.19 bits per heavy atom. The van der Waals surface area contributed by atoms with Gasteiger partial charge in [-0.1, -0.05) is 36.4 Å². The molecule has 0 atom stereocenters. The van der Waals surface area contributed by atoms with Crippen LogP contribution in [-0.2, 0) is 4.57 Å². The topological polar surface area (TPSA) is 89.0 Å². The molecule has 0 aliphatic carbocycles. The Morgan fingerprint density at radius 1 is 1.00 bits per heavy atom. The Morgan fingerprint density at radius 2 is 1.56 bits per heavy atom. The molecule has 0 aliphatic heterocycles. The molecule has 0 aromatic heterocycles. The predicted molar refractivity (Wildman–Crippen MR) is 60.4 cm³/mol. The van der Waals surface area contributed by atoms with Crippen LogP contribution in [-0.4, -0.2) is 15.3 Å². The second-order valence-electron chi connectivity index (χ2n) is 3.04. The molecule has 4 N–H and O–H groups in total. The van der Waals surface area contributed by atoms with E-state index in [4.69, 9.17) is 9.79 Å². The van der Waals surface area contributed by atoms with Crippen LogP contribution in [0.1, 0.15) is 1.43 Å². The molecular formula is C10H12NaO4P. The molecule has 0 aliphatic rings. The van der Waals surface area contributed by atoms with Crippen LogP contribution in [0.4, 0.5) is 0 Å². The van der Waals surface area contributed by atoms with Crippen molar-refractivity contribution in [2.75, 3.05) is 0 Å². The summed E-state index contributed by atoms with van der Waals surface area (Å²) in [6, 6.07) is 12.1. The van der Waals surface area contributed by atoms with Gasteiger partial charge in [-0.25, -0.2) is 0 Å². The van der Waals surface area contributed by atoms with Crippen molar-refractivity contribution in [3.8, 4) is 0 Å². The zero-order chi connectivity index (χ0) is 10.2. The summed E-state index contributed by atoms with van der Waals surface area (Å²) in [4.78, 5) is 18.2. The molecule has 0 fully saturated rings. The van der Waals surface area contributed by atoms with Crippen LogP contribution in [0.3, 0.4) is 0 Å². The van der Waals surface area contributed by atoms with Crippen molar-refractivity contribution in [3.63, 3.8) is 0 Å². The maximum absolute atomic E-state index is 11.1. The molecule has 0 saturated carbocycles. The number of fused-ring (bicyclic) bond motifs is 1. The summed E-state index contributed by atoms with van der Waals surface area (Å²) in [6.07, 6.45) is 0. The molecule has 0 bridgehead atoms. The van der Waals surface area contributed by atoms with E-state index in [9.17, 15) is 4.57 Å². The van der Waals surface area contributed by atoms with E-state index in [1.807, 2.05) is 18.2 Å². The van der Waals surface area contributed by atoms with E-state index in [1.165, 1.54) is 6.07 Å². The molecule has 2 aromatic rings. The van der Waals surface area contributed by atoms with E-state index in [0.717, 1.165) is 5.39 Å². The third-order valence-corrected chi connectivity index (χ3v) is 3.10. The van der Waals surface area contributed by atoms with E-state index in [1.54, 1.807) is 18.2 Å². The van der Waals surface area contributed by atoms with Crippen LogP contribution in [0.5, 0.6) is 0 Å². The summed E-state index contributed by atoms with van der Waals surface area (Å²) in [5.74, 6) is 0. The minimum absolute atomic E-state index is 0. The van der Waals surface area contributed by atoms with Gasteiger partial charge in [-0.15, -0.1) is 0 Å². The first-order chi connectivity index (χ1) is 6.59. The van der Waals surface area contributed by atoms with Crippen molar-refractivity contribution in [1.82, 2.24) is 0 Å². The first-order valence-corrected chi connectivity index (χ1v) is 5.74. The summed E-state index contributed by atoms with van der Waals surface area (Å²) in [5.41, 5.74) is 0. The van der Waals surface area contributed by atoms with E-state index in [0.29, 0.717) is 5.39 Å². The van der Waals surface area contributed by atoms with Gasteiger partial charge < -0.3 is 16.7 Å². The van der Waals surface area contributed by atoms with E-state index in [-0.39, 0.29) is 41.8 Å². The van der Waals surface area contributed by atoms with E-state index >= 15 is 0 Å². The van der Waals surface area contributed by atoms with Gasteiger partial charge in [0.1, 0.15) is 0 Å². The summed E-state index contributed by atoms with van der Waals surface area (Å²) in [6.45, 7) is 0.